The van der Waals surface area contributed by atoms with E-state index in [9.17, 15) is 4.79 Å². The molecular formula is C20H17N3O4S. The predicted molar refractivity (Wildman–Crippen MR) is 106 cm³/mol. The van der Waals surface area contributed by atoms with Crippen LogP contribution in [0.15, 0.2) is 52.3 Å². The van der Waals surface area contributed by atoms with E-state index < -0.39 is 0 Å². The molecule has 0 aliphatic heterocycles. The normalized spacial score (nSPS) is 10.8. The molecule has 0 unspecified atom stereocenters. The number of ether oxygens (including phenoxy) is 2. The Morgan fingerprint density at radius 2 is 1.93 bits per heavy atom. The number of amides is 1. The number of carbonyl (C=O) groups excluding carboxylic acids is 1. The molecule has 2 aromatic carbocycles. The van der Waals surface area contributed by atoms with Crippen LogP contribution in [-0.2, 0) is 6.54 Å². The quantitative estimate of drug-likeness (QED) is 0.533. The van der Waals surface area contributed by atoms with E-state index in [0.717, 1.165) is 15.6 Å². The Balaban J connectivity index is 1.47. The smallest absolute Gasteiger partial charge is 0.251 e. The summed E-state index contributed by atoms with van der Waals surface area (Å²) in [7, 11) is 3.06. The molecule has 0 saturated heterocycles. The lowest BCUT2D eigenvalue weighted by Gasteiger charge is -2.09. The van der Waals surface area contributed by atoms with E-state index in [1.807, 2.05) is 29.6 Å². The van der Waals surface area contributed by atoms with Crippen molar-refractivity contribution in [1.29, 1.82) is 0 Å². The number of aromatic nitrogens is 2. The molecular weight excluding hydrogens is 378 g/mol. The third-order valence-electron chi connectivity index (χ3n) is 4.22. The molecule has 0 fully saturated rings. The standard InChI is InChI=1S/C20H17N3O4S/c1-25-15-8-7-12(9-16(15)26-2)19(24)21-10-18-22-23-20(27-18)14-11-28-17-6-4-3-5-13(14)17/h3-9,11H,10H2,1-2H3,(H,21,24). The number of nitrogens with zero attached hydrogens (tertiary/aromatic N) is 2. The van der Waals surface area contributed by atoms with E-state index in [1.165, 1.54) is 7.11 Å². The molecule has 0 radical (unpaired) electrons. The molecule has 4 rings (SSSR count). The fourth-order valence-electron chi connectivity index (χ4n) is 2.81. The molecule has 0 bridgehead atoms. The van der Waals surface area contributed by atoms with Gasteiger partial charge in [-0.25, -0.2) is 0 Å². The average molecular weight is 395 g/mol. The molecule has 7 nitrogen and oxygen atoms in total. The number of nitrogens with one attached hydrogen (secondary N) is 1. The summed E-state index contributed by atoms with van der Waals surface area (Å²) in [5, 5.41) is 14.0. The Labute approximate surface area is 164 Å². The Morgan fingerprint density at radius 3 is 2.75 bits per heavy atom. The molecule has 1 N–H and O–H groups in total. The average Bonchev–Trinajstić information content (AvgIpc) is 3.38. The maximum Gasteiger partial charge on any atom is 0.251 e. The van der Waals surface area contributed by atoms with Gasteiger partial charge >= 0.3 is 0 Å². The summed E-state index contributed by atoms with van der Waals surface area (Å²) in [6.07, 6.45) is 0. The van der Waals surface area contributed by atoms with Crippen molar-refractivity contribution < 1.29 is 18.7 Å². The van der Waals surface area contributed by atoms with Crippen molar-refractivity contribution in [2.24, 2.45) is 0 Å². The molecule has 0 spiro atoms. The van der Waals surface area contributed by atoms with Crippen molar-refractivity contribution in [3.05, 3.63) is 59.3 Å². The molecule has 2 heterocycles. The lowest BCUT2D eigenvalue weighted by Crippen LogP contribution is -2.23. The Kier molecular flexibility index (Phi) is 4.94. The highest BCUT2D eigenvalue weighted by atomic mass is 32.1. The van der Waals surface area contributed by atoms with Crippen LogP contribution in [0.3, 0.4) is 0 Å². The van der Waals surface area contributed by atoms with Crippen LogP contribution < -0.4 is 14.8 Å². The summed E-state index contributed by atoms with van der Waals surface area (Å²) in [6.45, 7) is 0.127. The van der Waals surface area contributed by atoms with Gasteiger partial charge in [0.2, 0.25) is 11.8 Å². The van der Waals surface area contributed by atoms with Crippen molar-refractivity contribution >= 4 is 27.3 Å². The molecule has 0 aliphatic carbocycles. The lowest BCUT2D eigenvalue weighted by atomic mass is 10.2. The first-order chi connectivity index (χ1) is 13.7. The minimum atomic E-state index is -0.276. The maximum atomic E-state index is 12.4. The fraction of sp³-hybridized carbons (Fsp3) is 0.150. The highest BCUT2D eigenvalue weighted by Crippen LogP contribution is 2.33. The van der Waals surface area contributed by atoms with Gasteiger partial charge in [0, 0.05) is 21.0 Å². The van der Waals surface area contributed by atoms with Gasteiger partial charge in [0.25, 0.3) is 5.91 Å². The van der Waals surface area contributed by atoms with Crippen molar-refractivity contribution in [2.45, 2.75) is 6.54 Å². The molecule has 1 amide bonds. The zero-order valence-corrected chi connectivity index (χ0v) is 16.1. The number of fused-ring (bicyclic) bond motifs is 1. The van der Waals surface area contributed by atoms with E-state index in [4.69, 9.17) is 13.9 Å². The monoisotopic (exact) mass is 395 g/mol. The summed E-state index contributed by atoms with van der Waals surface area (Å²) < 4.78 is 17.3. The Bertz CT molecular complexity index is 1140. The highest BCUT2D eigenvalue weighted by molar-refractivity contribution is 7.17. The van der Waals surface area contributed by atoms with Crippen LogP contribution in [0.5, 0.6) is 11.5 Å². The third kappa shape index (κ3) is 3.41. The summed E-state index contributed by atoms with van der Waals surface area (Å²) >= 11 is 1.62. The fourth-order valence-corrected chi connectivity index (χ4v) is 3.75. The van der Waals surface area contributed by atoms with Crippen LogP contribution in [0.4, 0.5) is 0 Å². The minimum Gasteiger partial charge on any atom is -0.493 e. The van der Waals surface area contributed by atoms with Crippen molar-refractivity contribution in [2.75, 3.05) is 14.2 Å². The highest BCUT2D eigenvalue weighted by Gasteiger charge is 2.15. The molecule has 4 aromatic rings. The van der Waals surface area contributed by atoms with Crippen LogP contribution in [0.2, 0.25) is 0 Å². The topological polar surface area (TPSA) is 86.5 Å². The zero-order chi connectivity index (χ0) is 19.5. The summed E-state index contributed by atoms with van der Waals surface area (Å²) in [6, 6.07) is 13.0. The van der Waals surface area contributed by atoms with Gasteiger partial charge in [-0.2, -0.15) is 0 Å². The summed E-state index contributed by atoms with van der Waals surface area (Å²) in [5.41, 5.74) is 1.34. The molecule has 0 atom stereocenters. The number of hydrogen-bond acceptors (Lipinski definition) is 7. The van der Waals surface area contributed by atoms with Crippen LogP contribution in [0, 0.1) is 0 Å². The van der Waals surface area contributed by atoms with Gasteiger partial charge in [0.15, 0.2) is 11.5 Å². The van der Waals surface area contributed by atoms with Crippen LogP contribution in [-0.4, -0.2) is 30.3 Å². The number of hydrogen-bond donors (Lipinski definition) is 1. The van der Waals surface area contributed by atoms with Crippen molar-refractivity contribution in [1.82, 2.24) is 15.5 Å². The second kappa shape index (κ2) is 7.69. The second-order valence-electron chi connectivity index (χ2n) is 5.90. The summed E-state index contributed by atoms with van der Waals surface area (Å²) in [4.78, 5) is 12.4. The van der Waals surface area contributed by atoms with Crippen LogP contribution in [0.25, 0.3) is 21.5 Å². The third-order valence-corrected chi connectivity index (χ3v) is 5.19. The number of benzene rings is 2. The predicted octanol–water partition coefficient (Wildman–Crippen LogP) is 3.90. The SMILES string of the molecule is COc1ccc(C(=O)NCc2nnc(-c3csc4ccccc34)o2)cc1OC. The first-order valence-corrected chi connectivity index (χ1v) is 9.36. The van der Waals surface area contributed by atoms with Gasteiger partial charge in [0.1, 0.15) is 0 Å². The lowest BCUT2D eigenvalue weighted by molar-refractivity contribution is 0.0947. The molecule has 28 heavy (non-hydrogen) atoms. The Hall–Kier alpha value is -3.39. The Morgan fingerprint density at radius 1 is 1.11 bits per heavy atom. The molecule has 0 aliphatic rings. The van der Waals surface area contributed by atoms with E-state index in [0.29, 0.717) is 28.8 Å². The first-order valence-electron chi connectivity index (χ1n) is 8.49. The van der Waals surface area contributed by atoms with Gasteiger partial charge < -0.3 is 19.2 Å². The second-order valence-corrected chi connectivity index (χ2v) is 6.81. The van der Waals surface area contributed by atoms with Crippen molar-refractivity contribution in [3.63, 3.8) is 0 Å². The van der Waals surface area contributed by atoms with Gasteiger partial charge in [0.05, 0.1) is 26.3 Å². The molecule has 142 valence electrons. The van der Waals surface area contributed by atoms with E-state index in [-0.39, 0.29) is 12.5 Å². The number of methoxy groups -OCH3 is 2. The number of carbonyl (C=O) groups is 1. The van der Waals surface area contributed by atoms with Gasteiger partial charge in [-0.3, -0.25) is 4.79 Å². The number of thiophene rings is 1. The summed E-state index contributed by atoms with van der Waals surface area (Å²) in [5.74, 6) is 1.54. The minimum absolute atomic E-state index is 0.127. The largest absolute Gasteiger partial charge is 0.493 e. The van der Waals surface area contributed by atoms with E-state index >= 15 is 0 Å². The van der Waals surface area contributed by atoms with Gasteiger partial charge in [-0.1, -0.05) is 18.2 Å². The molecule has 2 aromatic heterocycles. The van der Waals surface area contributed by atoms with Crippen molar-refractivity contribution in [3.8, 4) is 23.0 Å². The number of rotatable bonds is 6. The van der Waals surface area contributed by atoms with Gasteiger partial charge in [-0.05, 0) is 24.3 Å². The van der Waals surface area contributed by atoms with E-state index in [2.05, 4.69) is 15.5 Å². The molecule has 0 saturated carbocycles. The van der Waals surface area contributed by atoms with E-state index in [1.54, 1.807) is 36.6 Å². The first kappa shape index (κ1) is 18.0. The van der Waals surface area contributed by atoms with Crippen LogP contribution in [0.1, 0.15) is 16.2 Å². The maximum absolute atomic E-state index is 12.4. The van der Waals surface area contributed by atoms with Gasteiger partial charge in [-0.15, -0.1) is 21.5 Å². The van der Waals surface area contributed by atoms with Crippen LogP contribution >= 0.6 is 11.3 Å². The molecule has 8 heteroatoms. The zero-order valence-electron chi connectivity index (χ0n) is 15.3.